The number of aliphatic hydroxyl groups excluding tert-OH is 1. The maximum Gasteiger partial charge on any atom is 0.167 e. The van der Waals surface area contributed by atoms with Gasteiger partial charge in [0.2, 0.25) is 0 Å². The first-order valence-electron chi connectivity index (χ1n) is 3.93. The first-order chi connectivity index (χ1) is 4.83. The Morgan fingerprint density at radius 2 is 1.64 bits per heavy atom. The van der Waals surface area contributed by atoms with Crippen LogP contribution in [0, 0.1) is 5.92 Å². The lowest BCUT2D eigenvalue weighted by Crippen LogP contribution is -2.14. The number of azo groups is 1. The molecule has 0 saturated carbocycles. The smallest absolute Gasteiger partial charge is 0.167 e. The van der Waals surface area contributed by atoms with Crippen molar-refractivity contribution in [2.75, 3.05) is 0 Å². The minimum atomic E-state index is -0.658. The summed E-state index contributed by atoms with van der Waals surface area (Å²) in [5, 5.41) is 17.0. The zero-order chi connectivity index (χ0) is 9.07. The lowest BCUT2D eigenvalue weighted by molar-refractivity contribution is 0.123. The van der Waals surface area contributed by atoms with E-state index in [9.17, 15) is 5.11 Å². The normalized spacial score (nSPS) is 16.3. The van der Waals surface area contributed by atoms with Gasteiger partial charge in [0.1, 0.15) is 0 Å². The highest BCUT2D eigenvalue weighted by molar-refractivity contribution is 4.67. The molecular weight excluding hydrogens is 140 g/mol. The van der Waals surface area contributed by atoms with Crippen molar-refractivity contribution in [1.29, 1.82) is 0 Å². The van der Waals surface area contributed by atoms with E-state index >= 15 is 0 Å². The molecule has 0 aliphatic heterocycles. The Kier molecular flexibility index (Phi) is 3.66. The van der Waals surface area contributed by atoms with Crippen LogP contribution in [0.15, 0.2) is 10.2 Å². The molecule has 0 radical (unpaired) electrons. The highest BCUT2D eigenvalue weighted by atomic mass is 16.3. The van der Waals surface area contributed by atoms with Crippen LogP contribution in [0.3, 0.4) is 0 Å². The van der Waals surface area contributed by atoms with Crippen molar-refractivity contribution in [3.63, 3.8) is 0 Å². The SMILES string of the molecule is CC(C)C(O)N=NC(C)(C)C. The van der Waals surface area contributed by atoms with E-state index in [1.165, 1.54) is 0 Å². The van der Waals surface area contributed by atoms with Crippen LogP contribution in [0.25, 0.3) is 0 Å². The lowest BCUT2D eigenvalue weighted by Gasteiger charge is -2.12. The van der Waals surface area contributed by atoms with Crippen molar-refractivity contribution in [1.82, 2.24) is 0 Å². The second-order valence-electron chi connectivity index (χ2n) is 4.04. The standard InChI is InChI=1S/C8H18N2O/c1-6(2)7(11)9-10-8(3,4)5/h6-7,11H,1-5H3. The lowest BCUT2D eigenvalue weighted by atomic mass is 10.1. The largest absolute Gasteiger partial charge is 0.370 e. The van der Waals surface area contributed by atoms with Crippen LogP contribution in [0.4, 0.5) is 0 Å². The van der Waals surface area contributed by atoms with Gasteiger partial charge in [-0.05, 0) is 20.8 Å². The molecule has 3 nitrogen and oxygen atoms in total. The molecule has 0 heterocycles. The summed E-state index contributed by atoms with van der Waals surface area (Å²) in [4.78, 5) is 0. The molecule has 0 aromatic carbocycles. The first kappa shape index (κ1) is 10.6. The molecule has 1 unspecified atom stereocenters. The number of hydrogen-bond acceptors (Lipinski definition) is 3. The van der Waals surface area contributed by atoms with E-state index in [0.29, 0.717) is 0 Å². The van der Waals surface area contributed by atoms with E-state index in [-0.39, 0.29) is 11.5 Å². The summed E-state index contributed by atoms with van der Waals surface area (Å²) in [5.41, 5.74) is -0.185. The zero-order valence-electron chi connectivity index (χ0n) is 8.00. The molecule has 1 N–H and O–H groups in total. The molecule has 0 aliphatic rings. The van der Waals surface area contributed by atoms with Crippen LogP contribution in [0.2, 0.25) is 0 Å². The van der Waals surface area contributed by atoms with E-state index in [0.717, 1.165) is 0 Å². The van der Waals surface area contributed by atoms with Crippen molar-refractivity contribution < 1.29 is 5.11 Å². The quantitative estimate of drug-likeness (QED) is 0.615. The maximum absolute atomic E-state index is 9.23. The second kappa shape index (κ2) is 3.81. The fourth-order valence-electron chi connectivity index (χ4n) is 0.366. The molecule has 0 rings (SSSR count). The van der Waals surface area contributed by atoms with Gasteiger partial charge in [0.05, 0.1) is 5.54 Å². The van der Waals surface area contributed by atoms with Crippen LogP contribution in [-0.2, 0) is 0 Å². The monoisotopic (exact) mass is 158 g/mol. The van der Waals surface area contributed by atoms with Gasteiger partial charge in [0.15, 0.2) is 6.23 Å². The highest BCUT2D eigenvalue weighted by Gasteiger charge is 2.10. The Bertz CT molecular complexity index is 136. The molecule has 3 heteroatoms. The Hall–Kier alpha value is -0.440. The van der Waals surface area contributed by atoms with Crippen LogP contribution in [0.1, 0.15) is 34.6 Å². The summed E-state index contributed by atoms with van der Waals surface area (Å²) in [6.45, 7) is 9.66. The van der Waals surface area contributed by atoms with E-state index in [2.05, 4.69) is 10.2 Å². The van der Waals surface area contributed by atoms with Crippen LogP contribution in [-0.4, -0.2) is 16.9 Å². The fourth-order valence-corrected chi connectivity index (χ4v) is 0.366. The van der Waals surface area contributed by atoms with Gasteiger partial charge in [-0.1, -0.05) is 13.8 Å². The summed E-state index contributed by atoms with van der Waals surface area (Å²) < 4.78 is 0. The molecule has 0 spiro atoms. The average Bonchev–Trinajstić information content (AvgIpc) is 1.80. The fraction of sp³-hybridized carbons (Fsp3) is 1.00. The van der Waals surface area contributed by atoms with Gasteiger partial charge >= 0.3 is 0 Å². The van der Waals surface area contributed by atoms with Gasteiger partial charge in [-0.2, -0.15) is 10.2 Å². The second-order valence-corrected chi connectivity index (χ2v) is 4.04. The molecule has 0 bridgehead atoms. The minimum Gasteiger partial charge on any atom is -0.370 e. The average molecular weight is 158 g/mol. The molecule has 1 atom stereocenters. The van der Waals surface area contributed by atoms with Gasteiger partial charge in [0.25, 0.3) is 0 Å². The van der Waals surface area contributed by atoms with E-state index in [4.69, 9.17) is 0 Å². The van der Waals surface area contributed by atoms with Gasteiger partial charge in [-0.15, -0.1) is 0 Å². The Morgan fingerprint density at radius 3 is 1.91 bits per heavy atom. The number of aliphatic hydroxyl groups is 1. The number of hydrogen-bond donors (Lipinski definition) is 1. The Balaban J connectivity index is 3.93. The Morgan fingerprint density at radius 1 is 1.18 bits per heavy atom. The third-order valence-corrected chi connectivity index (χ3v) is 1.07. The molecule has 0 aromatic heterocycles. The van der Waals surface area contributed by atoms with Crippen molar-refractivity contribution in [2.24, 2.45) is 16.1 Å². The molecule has 0 aliphatic carbocycles. The number of rotatable bonds is 2. The van der Waals surface area contributed by atoms with E-state index in [1.807, 2.05) is 34.6 Å². The predicted octanol–water partition coefficient (Wildman–Crippen LogP) is 2.21. The van der Waals surface area contributed by atoms with Gasteiger partial charge < -0.3 is 5.11 Å². The Labute approximate surface area is 68.5 Å². The molecular formula is C8H18N2O. The van der Waals surface area contributed by atoms with Gasteiger partial charge in [-0.3, -0.25) is 0 Å². The predicted molar refractivity (Wildman–Crippen MR) is 45.5 cm³/mol. The summed E-state index contributed by atoms with van der Waals surface area (Å²) >= 11 is 0. The van der Waals surface area contributed by atoms with Crippen molar-refractivity contribution in [3.8, 4) is 0 Å². The first-order valence-corrected chi connectivity index (χ1v) is 3.93. The molecule has 0 saturated heterocycles. The van der Waals surface area contributed by atoms with Crippen molar-refractivity contribution in [3.05, 3.63) is 0 Å². The van der Waals surface area contributed by atoms with E-state index in [1.54, 1.807) is 0 Å². The van der Waals surface area contributed by atoms with Crippen molar-refractivity contribution in [2.45, 2.75) is 46.4 Å². The molecule has 11 heavy (non-hydrogen) atoms. The minimum absolute atomic E-state index is 0.140. The van der Waals surface area contributed by atoms with E-state index < -0.39 is 6.23 Å². The highest BCUT2D eigenvalue weighted by Crippen LogP contribution is 2.10. The summed E-state index contributed by atoms with van der Waals surface area (Å²) in [6.07, 6.45) is -0.658. The summed E-state index contributed by atoms with van der Waals surface area (Å²) in [7, 11) is 0. The topological polar surface area (TPSA) is 45.0 Å². The zero-order valence-corrected chi connectivity index (χ0v) is 8.00. The third kappa shape index (κ3) is 5.98. The van der Waals surface area contributed by atoms with Crippen molar-refractivity contribution >= 4 is 0 Å². The third-order valence-electron chi connectivity index (χ3n) is 1.07. The van der Waals surface area contributed by atoms with Gasteiger partial charge in [0, 0.05) is 5.92 Å². The molecule has 66 valence electrons. The number of nitrogens with zero attached hydrogens (tertiary/aromatic N) is 2. The van der Waals surface area contributed by atoms with Crippen LogP contribution >= 0.6 is 0 Å². The molecule has 0 amide bonds. The van der Waals surface area contributed by atoms with Crippen LogP contribution < -0.4 is 0 Å². The van der Waals surface area contributed by atoms with Crippen LogP contribution in [0.5, 0.6) is 0 Å². The summed E-state index contributed by atoms with van der Waals surface area (Å²) in [6, 6.07) is 0. The molecule has 0 aromatic rings. The molecule has 0 fully saturated rings. The maximum atomic E-state index is 9.23. The van der Waals surface area contributed by atoms with Gasteiger partial charge in [-0.25, -0.2) is 0 Å². The summed E-state index contributed by atoms with van der Waals surface area (Å²) in [5.74, 6) is 0.140.